The zero-order valence-corrected chi connectivity index (χ0v) is 11.2. The summed E-state index contributed by atoms with van der Waals surface area (Å²) in [4.78, 5) is 1.11. The van der Waals surface area contributed by atoms with E-state index in [1.54, 1.807) is 24.8 Å². The van der Waals surface area contributed by atoms with E-state index in [1.165, 1.54) is 0 Å². The zero-order chi connectivity index (χ0) is 12.3. The molecule has 1 atom stereocenters. The molecule has 0 spiro atoms. The molecule has 0 amide bonds. The number of nitrogens with two attached hydrogens (primary N) is 1. The fourth-order valence-electron chi connectivity index (χ4n) is 1.41. The van der Waals surface area contributed by atoms with Gasteiger partial charge in [0.25, 0.3) is 0 Å². The third kappa shape index (κ3) is 3.49. The van der Waals surface area contributed by atoms with Crippen LogP contribution in [-0.4, -0.2) is 5.75 Å². The highest BCUT2D eigenvalue weighted by Crippen LogP contribution is 2.30. The molecule has 16 heavy (non-hydrogen) atoms. The van der Waals surface area contributed by atoms with E-state index in [9.17, 15) is 4.39 Å². The van der Waals surface area contributed by atoms with Crippen LogP contribution in [0.15, 0.2) is 17.0 Å². The van der Waals surface area contributed by atoms with Crippen molar-refractivity contribution >= 4 is 11.8 Å². The van der Waals surface area contributed by atoms with Gasteiger partial charge in [-0.15, -0.1) is 11.8 Å². The van der Waals surface area contributed by atoms with Gasteiger partial charge in [0.2, 0.25) is 0 Å². The molecule has 0 saturated heterocycles. The van der Waals surface area contributed by atoms with E-state index in [-0.39, 0.29) is 11.9 Å². The minimum absolute atomic E-state index is 0.121. The third-order valence-electron chi connectivity index (χ3n) is 2.35. The lowest BCUT2D eigenvalue weighted by atomic mass is 10.1. The second-order valence-corrected chi connectivity index (χ2v) is 5.69. The van der Waals surface area contributed by atoms with Crippen LogP contribution < -0.4 is 5.73 Å². The maximum atomic E-state index is 13.5. The molecule has 0 bridgehead atoms. The van der Waals surface area contributed by atoms with Gasteiger partial charge in [-0.2, -0.15) is 0 Å². The molecule has 0 heterocycles. The average molecular weight is 241 g/mol. The number of thioether (sulfide) groups is 1. The van der Waals surface area contributed by atoms with Gasteiger partial charge in [-0.25, -0.2) is 4.39 Å². The van der Waals surface area contributed by atoms with Crippen molar-refractivity contribution in [1.29, 1.82) is 0 Å². The molecule has 2 N–H and O–H groups in total. The van der Waals surface area contributed by atoms with Crippen molar-refractivity contribution in [3.05, 3.63) is 29.1 Å². The molecule has 1 nitrogen and oxygen atoms in total. The molecule has 1 rings (SSSR count). The van der Waals surface area contributed by atoms with E-state index >= 15 is 0 Å². The lowest BCUT2D eigenvalue weighted by molar-refractivity contribution is 0.610. The number of hydrogen-bond donors (Lipinski definition) is 1. The van der Waals surface area contributed by atoms with Gasteiger partial charge >= 0.3 is 0 Å². The van der Waals surface area contributed by atoms with Crippen molar-refractivity contribution < 1.29 is 4.39 Å². The molecule has 0 aliphatic rings. The first-order valence-corrected chi connectivity index (χ1v) is 6.58. The molecule has 0 radical (unpaired) electrons. The fourth-order valence-corrected chi connectivity index (χ4v) is 2.59. The van der Waals surface area contributed by atoms with Crippen LogP contribution in [0.2, 0.25) is 0 Å². The summed E-state index contributed by atoms with van der Waals surface area (Å²) < 4.78 is 13.5. The van der Waals surface area contributed by atoms with Gasteiger partial charge in [-0.05, 0) is 43.0 Å². The third-order valence-corrected chi connectivity index (χ3v) is 3.85. The summed E-state index contributed by atoms with van der Waals surface area (Å²) in [6.45, 7) is 8.03. The van der Waals surface area contributed by atoms with Crippen LogP contribution >= 0.6 is 11.8 Å². The van der Waals surface area contributed by atoms with Gasteiger partial charge in [-0.3, -0.25) is 0 Å². The van der Waals surface area contributed by atoms with Crippen molar-refractivity contribution in [2.45, 2.75) is 38.6 Å². The van der Waals surface area contributed by atoms with Crippen LogP contribution in [0.25, 0.3) is 0 Å². The minimum atomic E-state index is -0.166. The summed E-state index contributed by atoms with van der Waals surface area (Å²) >= 11 is 1.76. The highest BCUT2D eigenvalue weighted by molar-refractivity contribution is 7.99. The molecule has 0 saturated carbocycles. The lowest BCUT2D eigenvalue weighted by Crippen LogP contribution is -2.08. The Morgan fingerprint density at radius 1 is 1.31 bits per heavy atom. The second kappa shape index (κ2) is 5.69. The summed E-state index contributed by atoms with van der Waals surface area (Å²) in [6.07, 6.45) is 0. The molecule has 3 heteroatoms. The highest BCUT2D eigenvalue weighted by Gasteiger charge is 2.11. The maximum Gasteiger partial charge on any atom is 0.126 e. The lowest BCUT2D eigenvalue weighted by Gasteiger charge is -2.14. The molecule has 1 aromatic carbocycles. The van der Waals surface area contributed by atoms with E-state index in [4.69, 9.17) is 5.73 Å². The van der Waals surface area contributed by atoms with Crippen molar-refractivity contribution in [1.82, 2.24) is 0 Å². The topological polar surface area (TPSA) is 26.0 Å². The quantitative estimate of drug-likeness (QED) is 0.809. The van der Waals surface area contributed by atoms with Crippen LogP contribution in [0.3, 0.4) is 0 Å². The van der Waals surface area contributed by atoms with Crippen molar-refractivity contribution in [3.8, 4) is 0 Å². The Kier molecular flexibility index (Phi) is 4.81. The Morgan fingerprint density at radius 3 is 2.44 bits per heavy atom. The largest absolute Gasteiger partial charge is 0.324 e. The van der Waals surface area contributed by atoms with Gasteiger partial charge in [0.05, 0.1) is 0 Å². The first kappa shape index (κ1) is 13.5. The molecule has 0 aromatic heterocycles. The van der Waals surface area contributed by atoms with E-state index in [1.807, 2.05) is 13.0 Å². The molecular weight excluding hydrogens is 221 g/mol. The molecule has 0 aliphatic carbocycles. The molecule has 0 fully saturated rings. The Balaban J connectivity index is 3.00. The summed E-state index contributed by atoms with van der Waals surface area (Å²) in [6, 6.07) is 3.36. The highest BCUT2D eigenvalue weighted by atomic mass is 32.2. The van der Waals surface area contributed by atoms with Crippen LogP contribution in [0.4, 0.5) is 4.39 Å². The second-order valence-electron chi connectivity index (χ2n) is 4.63. The molecule has 90 valence electrons. The van der Waals surface area contributed by atoms with Crippen LogP contribution in [0.5, 0.6) is 0 Å². The predicted octanol–water partition coefficient (Wildman–Crippen LogP) is 3.90. The average Bonchev–Trinajstić information content (AvgIpc) is 2.18. The molecule has 0 aliphatic heterocycles. The van der Waals surface area contributed by atoms with E-state index in [2.05, 4.69) is 13.8 Å². The van der Waals surface area contributed by atoms with Crippen molar-refractivity contribution in [2.24, 2.45) is 11.7 Å². The van der Waals surface area contributed by atoms with E-state index in [0.29, 0.717) is 11.5 Å². The van der Waals surface area contributed by atoms with Crippen molar-refractivity contribution in [3.63, 3.8) is 0 Å². The van der Waals surface area contributed by atoms with Crippen LogP contribution in [0, 0.1) is 18.7 Å². The van der Waals surface area contributed by atoms with Gasteiger partial charge in [0.15, 0.2) is 0 Å². The van der Waals surface area contributed by atoms with Gasteiger partial charge in [0, 0.05) is 16.7 Å². The monoisotopic (exact) mass is 241 g/mol. The standard InChI is InChI=1S/C13H20FNS/c1-8(2)7-16-13-5-9(3)12(14)6-11(13)10(4)15/h5-6,8,10H,7,15H2,1-4H3/t10-/m0/s1. The van der Waals surface area contributed by atoms with Crippen LogP contribution in [-0.2, 0) is 0 Å². The van der Waals surface area contributed by atoms with E-state index < -0.39 is 0 Å². The van der Waals surface area contributed by atoms with Gasteiger partial charge in [0.1, 0.15) is 5.82 Å². The Morgan fingerprint density at radius 2 is 1.94 bits per heavy atom. The smallest absolute Gasteiger partial charge is 0.126 e. The molecular formula is C13H20FNS. The number of halogens is 1. The van der Waals surface area contributed by atoms with Gasteiger partial charge in [-0.1, -0.05) is 13.8 Å². The Labute approximate surface area is 102 Å². The first-order valence-electron chi connectivity index (χ1n) is 5.60. The number of hydrogen-bond acceptors (Lipinski definition) is 2. The number of rotatable bonds is 4. The van der Waals surface area contributed by atoms with E-state index in [0.717, 1.165) is 16.2 Å². The summed E-state index contributed by atoms with van der Waals surface area (Å²) in [5.41, 5.74) is 7.46. The summed E-state index contributed by atoms with van der Waals surface area (Å²) in [5, 5.41) is 0. The number of aryl methyl sites for hydroxylation is 1. The first-order chi connectivity index (χ1) is 7.41. The number of benzene rings is 1. The zero-order valence-electron chi connectivity index (χ0n) is 10.4. The van der Waals surface area contributed by atoms with Crippen molar-refractivity contribution in [2.75, 3.05) is 5.75 Å². The normalized spacial score (nSPS) is 13.2. The maximum absolute atomic E-state index is 13.5. The Hall–Kier alpha value is -0.540. The van der Waals surface area contributed by atoms with Crippen LogP contribution in [0.1, 0.15) is 37.9 Å². The summed E-state index contributed by atoms with van der Waals surface area (Å²) in [5.74, 6) is 1.49. The molecule has 1 aromatic rings. The fraction of sp³-hybridized carbons (Fsp3) is 0.538. The Bertz CT molecular complexity index is 361. The summed E-state index contributed by atoms with van der Waals surface area (Å²) in [7, 11) is 0. The molecule has 0 unspecified atom stereocenters. The van der Waals surface area contributed by atoms with Gasteiger partial charge < -0.3 is 5.73 Å². The minimum Gasteiger partial charge on any atom is -0.324 e. The predicted molar refractivity (Wildman–Crippen MR) is 69.3 cm³/mol. The SMILES string of the molecule is Cc1cc(SCC(C)C)c([C@H](C)N)cc1F.